The Morgan fingerprint density at radius 3 is 2.35 bits per heavy atom. The van der Waals surface area contributed by atoms with Crippen molar-refractivity contribution in [1.29, 1.82) is 0 Å². The highest BCUT2D eigenvalue weighted by molar-refractivity contribution is 9.10. The second kappa shape index (κ2) is 7.50. The van der Waals surface area contributed by atoms with E-state index in [1.165, 1.54) is 0 Å². The number of aliphatic carboxylic acids is 1. The van der Waals surface area contributed by atoms with E-state index in [2.05, 4.69) is 15.9 Å². The van der Waals surface area contributed by atoms with Gasteiger partial charge >= 0.3 is 5.97 Å². The lowest BCUT2D eigenvalue weighted by molar-refractivity contribution is -0.143. The summed E-state index contributed by atoms with van der Waals surface area (Å²) in [6.07, 6.45) is 0.552. The van der Waals surface area contributed by atoms with Crippen LogP contribution in [0.15, 0.2) is 16.6 Å². The van der Waals surface area contributed by atoms with Gasteiger partial charge in [0.1, 0.15) is 6.04 Å². The van der Waals surface area contributed by atoms with Crippen molar-refractivity contribution in [3.8, 4) is 11.5 Å². The van der Waals surface area contributed by atoms with Crippen LogP contribution in [0.4, 0.5) is 0 Å². The van der Waals surface area contributed by atoms with Crippen LogP contribution in [0.5, 0.6) is 11.5 Å². The maximum absolute atomic E-state index is 11.2. The van der Waals surface area contributed by atoms with Gasteiger partial charge < -0.3 is 14.6 Å². The Hall–Kier alpha value is -1.27. The fourth-order valence-corrected chi connectivity index (χ4v) is 2.52. The molecule has 0 saturated heterocycles. The molecule has 5 nitrogen and oxygen atoms in total. The van der Waals surface area contributed by atoms with Crippen LogP contribution in [-0.4, -0.2) is 43.3 Å². The molecule has 0 fully saturated rings. The molecule has 1 aromatic carbocycles. The zero-order valence-electron chi connectivity index (χ0n) is 12.1. The summed E-state index contributed by atoms with van der Waals surface area (Å²) >= 11 is 3.48. The van der Waals surface area contributed by atoms with E-state index in [4.69, 9.17) is 9.47 Å². The second-order valence-corrected chi connectivity index (χ2v) is 5.33. The number of hydrogen-bond acceptors (Lipinski definition) is 4. The molecular formula is C14H20BrNO4. The minimum atomic E-state index is -0.813. The van der Waals surface area contributed by atoms with Crippen LogP contribution in [0.3, 0.4) is 0 Å². The predicted octanol–water partition coefficient (Wildman–Crippen LogP) is 2.76. The zero-order valence-corrected chi connectivity index (χ0v) is 13.7. The van der Waals surface area contributed by atoms with Crippen molar-refractivity contribution < 1.29 is 19.4 Å². The number of ether oxygens (including phenoxy) is 2. The highest BCUT2D eigenvalue weighted by atomic mass is 79.9. The van der Waals surface area contributed by atoms with Crippen LogP contribution in [0, 0.1) is 0 Å². The van der Waals surface area contributed by atoms with Gasteiger partial charge in [-0.2, -0.15) is 0 Å². The van der Waals surface area contributed by atoms with E-state index in [-0.39, 0.29) is 0 Å². The average Bonchev–Trinajstić information content (AvgIpc) is 2.40. The highest BCUT2D eigenvalue weighted by Crippen LogP contribution is 2.34. The summed E-state index contributed by atoms with van der Waals surface area (Å²) in [7, 11) is 4.95. The molecule has 0 aliphatic rings. The Balaban J connectivity index is 3.00. The minimum Gasteiger partial charge on any atom is -0.493 e. The third-order valence-corrected chi connectivity index (χ3v) is 3.91. The van der Waals surface area contributed by atoms with E-state index in [9.17, 15) is 9.90 Å². The van der Waals surface area contributed by atoms with Gasteiger partial charge in [0.05, 0.1) is 14.2 Å². The summed E-state index contributed by atoms with van der Waals surface area (Å²) in [5, 5.41) is 9.18. The molecule has 6 heteroatoms. The van der Waals surface area contributed by atoms with E-state index in [0.717, 1.165) is 10.0 Å². The van der Waals surface area contributed by atoms with Crippen LogP contribution in [0.1, 0.15) is 18.9 Å². The van der Waals surface area contributed by atoms with Crippen molar-refractivity contribution >= 4 is 21.9 Å². The summed E-state index contributed by atoms with van der Waals surface area (Å²) < 4.78 is 11.4. The van der Waals surface area contributed by atoms with Gasteiger partial charge in [0.15, 0.2) is 11.5 Å². The lowest BCUT2D eigenvalue weighted by atomic mass is 10.1. The number of carboxylic acids is 1. The van der Waals surface area contributed by atoms with Gasteiger partial charge in [0, 0.05) is 11.0 Å². The standard InChI is InChI=1S/C14H20BrNO4/c1-5-11(14(17)18)16(2)8-9-6-12(19-3)13(20-4)7-10(9)15/h6-7,11H,5,8H2,1-4H3,(H,17,18). The molecule has 112 valence electrons. The van der Waals surface area contributed by atoms with Crippen molar-refractivity contribution in [2.75, 3.05) is 21.3 Å². The molecular weight excluding hydrogens is 326 g/mol. The fraction of sp³-hybridized carbons (Fsp3) is 0.500. The quantitative estimate of drug-likeness (QED) is 0.823. The maximum atomic E-state index is 11.2. The lowest BCUT2D eigenvalue weighted by Gasteiger charge is -2.24. The first kappa shape index (κ1) is 16.8. The van der Waals surface area contributed by atoms with E-state index in [1.807, 2.05) is 19.1 Å². The Labute approximate surface area is 127 Å². The maximum Gasteiger partial charge on any atom is 0.320 e. The van der Waals surface area contributed by atoms with Crippen molar-refractivity contribution in [2.45, 2.75) is 25.9 Å². The van der Waals surface area contributed by atoms with Crippen molar-refractivity contribution in [2.24, 2.45) is 0 Å². The molecule has 0 amide bonds. The van der Waals surface area contributed by atoms with Gasteiger partial charge in [-0.3, -0.25) is 9.69 Å². The van der Waals surface area contributed by atoms with Crippen LogP contribution in [-0.2, 0) is 11.3 Å². The van der Waals surface area contributed by atoms with Crippen LogP contribution >= 0.6 is 15.9 Å². The number of nitrogens with zero attached hydrogens (tertiary/aromatic N) is 1. The molecule has 0 spiro atoms. The molecule has 0 aromatic heterocycles. The number of rotatable bonds is 7. The van der Waals surface area contributed by atoms with Crippen molar-refractivity contribution in [3.63, 3.8) is 0 Å². The van der Waals surface area contributed by atoms with Crippen molar-refractivity contribution in [3.05, 3.63) is 22.2 Å². The van der Waals surface area contributed by atoms with Crippen LogP contribution in [0.2, 0.25) is 0 Å². The smallest absolute Gasteiger partial charge is 0.320 e. The lowest BCUT2D eigenvalue weighted by Crippen LogP contribution is -2.37. The molecule has 0 bridgehead atoms. The highest BCUT2D eigenvalue weighted by Gasteiger charge is 2.21. The predicted molar refractivity (Wildman–Crippen MR) is 80.4 cm³/mol. The number of halogens is 1. The molecule has 0 aliphatic carbocycles. The Morgan fingerprint density at radius 1 is 1.35 bits per heavy atom. The molecule has 1 rings (SSSR count). The third-order valence-electron chi connectivity index (χ3n) is 3.18. The largest absolute Gasteiger partial charge is 0.493 e. The van der Waals surface area contributed by atoms with E-state index >= 15 is 0 Å². The molecule has 0 saturated carbocycles. The Bertz CT molecular complexity index is 478. The fourth-order valence-electron chi connectivity index (χ4n) is 2.07. The van der Waals surface area contributed by atoms with Crippen LogP contribution < -0.4 is 9.47 Å². The molecule has 0 radical (unpaired) electrons. The first-order valence-corrected chi connectivity index (χ1v) is 7.07. The normalized spacial score (nSPS) is 12.3. The van der Waals surface area contributed by atoms with Gasteiger partial charge in [-0.15, -0.1) is 0 Å². The number of carboxylic acid groups (broad SMARTS) is 1. The summed E-state index contributed by atoms with van der Waals surface area (Å²) in [5.41, 5.74) is 0.949. The van der Waals surface area contributed by atoms with Crippen LogP contribution in [0.25, 0.3) is 0 Å². The Morgan fingerprint density at radius 2 is 1.90 bits per heavy atom. The molecule has 0 aliphatic heterocycles. The molecule has 20 heavy (non-hydrogen) atoms. The van der Waals surface area contributed by atoms with Gasteiger partial charge in [-0.25, -0.2) is 0 Å². The van der Waals surface area contributed by atoms with Gasteiger partial charge in [-0.05, 0) is 31.2 Å². The minimum absolute atomic E-state index is 0.505. The molecule has 1 N–H and O–H groups in total. The monoisotopic (exact) mass is 345 g/mol. The van der Waals surface area contributed by atoms with Gasteiger partial charge in [-0.1, -0.05) is 22.9 Å². The molecule has 0 heterocycles. The van der Waals surface area contributed by atoms with E-state index in [1.54, 1.807) is 26.2 Å². The number of carbonyl (C=O) groups is 1. The van der Waals surface area contributed by atoms with Gasteiger partial charge in [0.25, 0.3) is 0 Å². The number of hydrogen-bond donors (Lipinski definition) is 1. The van der Waals surface area contributed by atoms with E-state index < -0.39 is 12.0 Å². The first-order valence-electron chi connectivity index (χ1n) is 6.28. The summed E-state index contributed by atoms with van der Waals surface area (Å²) in [6.45, 7) is 2.37. The zero-order chi connectivity index (χ0) is 15.3. The average molecular weight is 346 g/mol. The number of methoxy groups -OCH3 is 2. The molecule has 1 aromatic rings. The molecule has 1 unspecified atom stereocenters. The summed E-state index contributed by atoms with van der Waals surface area (Å²) in [6, 6.07) is 3.17. The number of benzene rings is 1. The third kappa shape index (κ3) is 3.86. The van der Waals surface area contributed by atoms with Crippen molar-refractivity contribution in [1.82, 2.24) is 4.90 Å². The van der Waals surface area contributed by atoms with Gasteiger partial charge in [0.2, 0.25) is 0 Å². The summed E-state index contributed by atoms with van der Waals surface area (Å²) in [4.78, 5) is 13.0. The SMILES string of the molecule is CCC(C(=O)O)N(C)Cc1cc(OC)c(OC)cc1Br. The topological polar surface area (TPSA) is 59.0 Å². The van der Waals surface area contributed by atoms with E-state index in [0.29, 0.717) is 24.5 Å². The molecule has 1 atom stereocenters. The first-order chi connectivity index (χ1) is 9.44. The summed E-state index contributed by atoms with van der Waals surface area (Å²) in [5.74, 6) is 0.449. The number of likely N-dealkylation sites (N-methyl/N-ethyl adjacent to an activating group) is 1. The second-order valence-electron chi connectivity index (χ2n) is 4.48. The Kier molecular flexibility index (Phi) is 6.29.